The Morgan fingerprint density at radius 2 is 2.43 bits per heavy atom. The van der Waals surface area contributed by atoms with Crippen molar-refractivity contribution in [1.82, 2.24) is 4.90 Å². The van der Waals surface area contributed by atoms with Gasteiger partial charge in [0.05, 0.1) is 23.6 Å². The van der Waals surface area contributed by atoms with Crippen molar-refractivity contribution >= 4 is 29.9 Å². The second-order valence-electron chi connectivity index (χ2n) is 4.68. The van der Waals surface area contributed by atoms with Gasteiger partial charge in [-0.2, -0.15) is 0 Å². The maximum absolute atomic E-state index is 12.2. The number of carbonyl (C=O) groups is 2. The SMILES string of the molecule is C=CCOC(=O)C1=C(C=NO)CS[C@@H]2[C@@H]([C@@H](C)O)C(=O)N12. The van der Waals surface area contributed by atoms with Crippen molar-refractivity contribution in [2.45, 2.75) is 18.4 Å². The summed E-state index contributed by atoms with van der Waals surface area (Å²) in [5.41, 5.74) is 0.477. The first-order valence-electron chi connectivity index (χ1n) is 6.34. The largest absolute Gasteiger partial charge is 0.457 e. The minimum absolute atomic E-state index is 0.0194. The number of thioether (sulfide) groups is 1. The van der Waals surface area contributed by atoms with Crippen molar-refractivity contribution in [2.75, 3.05) is 12.4 Å². The van der Waals surface area contributed by atoms with Gasteiger partial charge >= 0.3 is 5.97 Å². The van der Waals surface area contributed by atoms with E-state index >= 15 is 0 Å². The number of aliphatic hydroxyl groups is 1. The number of β-lactam (4-membered cyclic amide) rings is 1. The normalized spacial score (nSPS) is 26.4. The van der Waals surface area contributed by atoms with Crippen LogP contribution in [0.1, 0.15) is 6.92 Å². The van der Waals surface area contributed by atoms with E-state index in [0.29, 0.717) is 11.3 Å². The lowest BCUT2D eigenvalue weighted by atomic mass is 9.91. The Balaban J connectivity index is 2.32. The first-order chi connectivity index (χ1) is 10.0. The average molecular weight is 312 g/mol. The summed E-state index contributed by atoms with van der Waals surface area (Å²) in [5, 5.41) is 20.9. The molecule has 0 saturated carbocycles. The van der Waals surface area contributed by atoms with Crippen LogP contribution in [0.5, 0.6) is 0 Å². The van der Waals surface area contributed by atoms with Crippen LogP contribution in [0.25, 0.3) is 0 Å². The Labute approximate surface area is 125 Å². The lowest BCUT2D eigenvalue weighted by Gasteiger charge is -2.50. The Morgan fingerprint density at radius 3 is 3.00 bits per heavy atom. The fourth-order valence-electron chi connectivity index (χ4n) is 2.35. The molecule has 3 atom stereocenters. The van der Waals surface area contributed by atoms with Crippen molar-refractivity contribution in [3.63, 3.8) is 0 Å². The minimum atomic E-state index is -0.787. The molecule has 1 amide bonds. The molecule has 1 saturated heterocycles. The predicted molar refractivity (Wildman–Crippen MR) is 76.7 cm³/mol. The first-order valence-corrected chi connectivity index (χ1v) is 7.39. The lowest BCUT2D eigenvalue weighted by molar-refractivity contribution is -0.158. The number of oxime groups is 1. The quantitative estimate of drug-likeness (QED) is 0.190. The molecule has 2 aliphatic rings. The Hall–Kier alpha value is -1.80. The molecule has 0 spiro atoms. The first kappa shape index (κ1) is 15.6. The fourth-order valence-corrected chi connectivity index (χ4v) is 3.82. The minimum Gasteiger partial charge on any atom is -0.457 e. The number of nitrogens with zero attached hydrogens (tertiary/aromatic N) is 2. The molecule has 2 aliphatic heterocycles. The molecule has 2 rings (SSSR count). The maximum Gasteiger partial charge on any atom is 0.355 e. The summed E-state index contributed by atoms with van der Waals surface area (Å²) in [6.45, 7) is 5.02. The van der Waals surface area contributed by atoms with E-state index in [2.05, 4.69) is 11.7 Å². The van der Waals surface area contributed by atoms with Crippen LogP contribution in [-0.4, -0.2) is 57.1 Å². The van der Waals surface area contributed by atoms with Crippen LogP contribution in [-0.2, 0) is 14.3 Å². The molecule has 0 radical (unpaired) electrons. The molecule has 1 fully saturated rings. The van der Waals surface area contributed by atoms with Crippen LogP contribution >= 0.6 is 11.8 Å². The van der Waals surface area contributed by atoms with Crippen molar-refractivity contribution < 1.29 is 24.6 Å². The molecular weight excluding hydrogens is 296 g/mol. The number of ether oxygens (including phenoxy) is 1. The Kier molecular flexibility index (Phi) is 4.69. The molecule has 0 bridgehead atoms. The molecule has 114 valence electrons. The third-order valence-electron chi connectivity index (χ3n) is 3.30. The average Bonchev–Trinajstić information content (AvgIpc) is 2.44. The number of hydrogen-bond acceptors (Lipinski definition) is 7. The standard InChI is InChI=1S/C13H16N2O5S/c1-3-4-20-13(18)10-8(5-14-19)6-21-12-9(7(2)16)11(17)15(10)12/h3,5,7,9,12,16,19H,1,4,6H2,2H3/t7-,9+,12-/m1/s1. The highest BCUT2D eigenvalue weighted by Gasteiger charge is 2.55. The topological polar surface area (TPSA) is 99.4 Å². The van der Waals surface area contributed by atoms with Gasteiger partial charge in [-0.3, -0.25) is 9.69 Å². The van der Waals surface area contributed by atoms with E-state index < -0.39 is 18.0 Å². The van der Waals surface area contributed by atoms with Gasteiger partial charge in [0.1, 0.15) is 12.3 Å². The third-order valence-corrected chi connectivity index (χ3v) is 4.62. The van der Waals surface area contributed by atoms with Crippen LogP contribution in [0.15, 0.2) is 29.1 Å². The summed E-state index contributed by atoms with van der Waals surface area (Å²) >= 11 is 1.40. The third kappa shape index (κ3) is 2.68. The zero-order valence-electron chi connectivity index (χ0n) is 11.4. The molecule has 0 unspecified atom stereocenters. The van der Waals surface area contributed by atoms with Crippen molar-refractivity contribution in [3.05, 3.63) is 23.9 Å². The van der Waals surface area contributed by atoms with E-state index in [1.165, 1.54) is 22.7 Å². The van der Waals surface area contributed by atoms with E-state index in [4.69, 9.17) is 9.94 Å². The van der Waals surface area contributed by atoms with Crippen molar-refractivity contribution in [3.8, 4) is 0 Å². The number of esters is 1. The molecule has 0 aromatic rings. The number of amides is 1. The van der Waals surface area contributed by atoms with Gasteiger partial charge in [0.25, 0.3) is 0 Å². The molecule has 2 N–H and O–H groups in total. The van der Waals surface area contributed by atoms with Crippen molar-refractivity contribution in [2.24, 2.45) is 11.1 Å². The summed E-state index contributed by atoms with van der Waals surface area (Å²) in [4.78, 5) is 25.6. The monoisotopic (exact) mass is 312 g/mol. The smallest absolute Gasteiger partial charge is 0.355 e. The van der Waals surface area contributed by atoms with E-state index in [1.807, 2.05) is 0 Å². The van der Waals surface area contributed by atoms with Crippen LogP contribution in [0, 0.1) is 5.92 Å². The zero-order chi connectivity index (χ0) is 15.6. The van der Waals surface area contributed by atoms with E-state index in [9.17, 15) is 14.7 Å². The summed E-state index contributed by atoms with van der Waals surface area (Å²) in [7, 11) is 0. The number of fused-ring (bicyclic) bond motifs is 1. The molecule has 0 aromatic heterocycles. The van der Waals surface area contributed by atoms with E-state index in [0.717, 1.165) is 6.21 Å². The van der Waals surface area contributed by atoms with Gasteiger partial charge in [-0.25, -0.2) is 4.79 Å². The fraction of sp³-hybridized carbons (Fsp3) is 0.462. The predicted octanol–water partition coefficient (Wildman–Crippen LogP) is 0.342. The number of carbonyl (C=O) groups excluding carboxylic acids is 2. The molecule has 21 heavy (non-hydrogen) atoms. The number of hydrogen-bond donors (Lipinski definition) is 2. The van der Waals surface area contributed by atoms with Crippen LogP contribution < -0.4 is 0 Å². The zero-order valence-corrected chi connectivity index (χ0v) is 12.2. The van der Waals surface area contributed by atoms with Gasteiger partial charge in [-0.05, 0) is 6.92 Å². The molecule has 2 heterocycles. The van der Waals surface area contributed by atoms with E-state index in [-0.39, 0.29) is 23.6 Å². The molecule has 0 aliphatic carbocycles. The van der Waals surface area contributed by atoms with Gasteiger partial charge in [0, 0.05) is 11.3 Å². The Morgan fingerprint density at radius 1 is 1.71 bits per heavy atom. The summed E-state index contributed by atoms with van der Waals surface area (Å²) in [6.07, 6.45) is 1.75. The van der Waals surface area contributed by atoms with Gasteiger partial charge in [0.15, 0.2) is 0 Å². The van der Waals surface area contributed by atoms with Crippen molar-refractivity contribution in [1.29, 1.82) is 0 Å². The molecule has 8 heteroatoms. The highest BCUT2D eigenvalue weighted by molar-refractivity contribution is 8.00. The van der Waals surface area contributed by atoms with Gasteiger partial charge in [-0.1, -0.05) is 17.8 Å². The van der Waals surface area contributed by atoms with E-state index in [1.54, 1.807) is 6.92 Å². The number of rotatable bonds is 5. The molecule has 0 aromatic carbocycles. The second kappa shape index (κ2) is 6.31. The van der Waals surface area contributed by atoms with Crippen LogP contribution in [0.2, 0.25) is 0 Å². The highest BCUT2D eigenvalue weighted by atomic mass is 32.2. The molecular formula is C13H16N2O5S. The molecule has 7 nitrogen and oxygen atoms in total. The van der Waals surface area contributed by atoms with Gasteiger partial charge in [-0.15, -0.1) is 11.8 Å². The lowest BCUT2D eigenvalue weighted by Crippen LogP contribution is -2.64. The second-order valence-corrected chi connectivity index (χ2v) is 5.79. The van der Waals surface area contributed by atoms with Gasteiger partial charge < -0.3 is 15.1 Å². The Bertz CT molecular complexity index is 529. The maximum atomic E-state index is 12.2. The summed E-state index contributed by atoms with van der Waals surface area (Å²) < 4.78 is 4.98. The van der Waals surface area contributed by atoms with Gasteiger partial charge in [0.2, 0.25) is 5.91 Å². The summed E-state index contributed by atoms with van der Waals surface area (Å²) in [5.74, 6) is -1.16. The van der Waals surface area contributed by atoms with Crippen LogP contribution in [0.4, 0.5) is 0 Å². The summed E-state index contributed by atoms with van der Waals surface area (Å²) in [6, 6.07) is 0. The number of aliphatic hydroxyl groups excluding tert-OH is 1. The van der Waals surface area contributed by atoms with Crippen LogP contribution in [0.3, 0.4) is 0 Å². The highest BCUT2D eigenvalue weighted by Crippen LogP contribution is 2.44.